The van der Waals surface area contributed by atoms with Gasteiger partial charge in [-0.05, 0) is 74.6 Å². The molecule has 7 heteroatoms. The number of ether oxygens (including phenoxy) is 4. The summed E-state index contributed by atoms with van der Waals surface area (Å²) in [6.07, 6.45) is 1.22. The molecule has 0 aromatic heterocycles. The zero-order chi connectivity index (χ0) is 26.7. The van der Waals surface area contributed by atoms with E-state index < -0.39 is 17.9 Å². The third kappa shape index (κ3) is 8.91. The summed E-state index contributed by atoms with van der Waals surface area (Å²) < 4.78 is 21.3. The van der Waals surface area contributed by atoms with Gasteiger partial charge in [-0.15, -0.1) is 0 Å². The second-order valence-corrected chi connectivity index (χ2v) is 8.30. The van der Waals surface area contributed by atoms with Crippen molar-refractivity contribution in [3.8, 4) is 22.6 Å². The molecule has 0 saturated carbocycles. The Bertz CT molecular complexity index is 1140. The summed E-state index contributed by atoms with van der Waals surface area (Å²) >= 11 is 0. The maximum atomic E-state index is 11.8. The van der Waals surface area contributed by atoms with Crippen LogP contribution < -0.4 is 9.47 Å². The van der Waals surface area contributed by atoms with Gasteiger partial charge in [-0.3, -0.25) is 0 Å². The zero-order valence-electron chi connectivity index (χ0n) is 21.1. The lowest BCUT2D eigenvalue weighted by molar-refractivity contribution is -0.140. The van der Waals surface area contributed by atoms with Crippen LogP contribution in [0.25, 0.3) is 11.1 Å². The zero-order valence-corrected chi connectivity index (χ0v) is 21.1. The molecule has 0 N–H and O–H groups in total. The summed E-state index contributed by atoms with van der Waals surface area (Å²) in [6.45, 7) is 16.0. The smallest absolute Gasteiger partial charge is 0.338 e. The molecule has 0 heterocycles. The van der Waals surface area contributed by atoms with Crippen molar-refractivity contribution in [2.75, 3.05) is 19.8 Å². The molecule has 2 aromatic rings. The first kappa shape index (κ1) is 28.1. The van der Waals surface area contributed by atoms with Crippen LogP contribution in [-0.2, 0) is 30.3 Å². The van der Waals surface area contributed by atoms with Gasteiger partial charge in [0.2, 0.25) is 0 Å². The van der Waals surface area contributed by atoms with Crippen LogP contribution in [0.4, 0.5) is 0 Å². The highest BCUT2D eigenvalue weighted by Gasteiger charge is 2.11. The molecule has 2 aromatic carbocycles. The van der Waals surface area contributed by atoms with Crippen molar-refractivity contribution in [3.63, 3.8) is 0 Å². The van der Waals surface area contributed by atoms with Gasteiger partial charge >= 0.3 is 17.9 Å². The second kappa shape index (κ2) is 13.7. The van der Waals surface area contributed by atoms with Gasteiger partial charge in [0.25, 0.3) is 0 Å². The first-order valence-corrected chi connectivity index (χ1v) is 11.5. The largest absolute Gasteiger partial charge is 0.490 e. The van der Waals surface area contributed by atoms with Crippen molar-refractivity contribution >= 4 is 17.9 Å². The van der Waals surface area contributed by atoms with Crippen LogP contribution in [0.15, 0.2) is 78.9 Å². The Hall–Kier alpha value is -4.13. The fraction of sp³-hybridized carbons (Fsp3) is 0.276. The van der Waals surface area contributed by atoms with E-state index in [4.69, 9.17) is 18.9 Å². The molecule has 2 rings (SSSR count). The summed E-state index contributed by atoms with van der Waals surface area (Å²) in [5.74, 6) is -0.327. The number of hydrogen-bond donors (Lipinski definition) is 0. The molecule has 36 heavy (non-hydrogen) atoms. The van der Waals surface area contributed by atoms with E-state index in [-0.39, 0.29) is 19.8 Å². The molecule has 0 amide bonds. The molecule has 0 fully saturated rings. The van der Waals surface area contributed by atoms with Gasteiger partial charge in [0.05, 0.1) is 6.61 Å². The van der Waals surface area contributed by atoms with Gasteiger partial charge in [-0.25, -0.2) is 14.4 Å². The molecule has 7 nitrogen and oxygen atoms in total. The van der Waals surface area contributed by atoms with Gasteiger partial charge in [0, 0.05) is 16.7 Å². The minimum absolute atomic E-state index is 0.101. The monoisotopic (exact) mass is 492 g/mol. The van der Waals surface area contributed by atoms with Crippen molar-refractivity contribution in [3.05, 3.63) is 84.5 Å². The topological polar surface area (TPSA) is 88.1 Å². The number of rotatable bonds is 13. The Morgan fingerprint density at radius 2 is 1.25 bits per heavy atom. The lowest BCUT2D eigenvalue weighted by atomic mass is 9.96. The molecule has 0 unspecified atom stereocenters. The maximum Gasteiger partial charge on any atom is 0.338 e. The van der Waals surface area contributed by atoms with Crippen molar-refractivity contribution in [2.24, 2.45) is 0 Å². The molecule has 0 aliphatic carbocycles. The highest BCUT2D eigenvalue weighted by atomic mass is 16.6. The number of aryl methyl sites for hydroxylation is 1. The van der Waals surface area contributed by atoms with E-state index in [0.717, 1.165) is 16.7 Å². The Morgan fingerprint density at radius 3 is 1.83 bits per heavy atom. The van der Waals surface area contributed by atoms with Crippen LogP contribution in [0.2, 0.25) is 0 Å². The molecule has 190 valence electrons. The standard InChI is InChI=1S/C29H32O7/c1-19(2)27(30)34-15-7-8-23-18-25(33-16-17-35-28(31)20(3)4)13-14-26(23)22-9-11-24(12-10-22)36-29(32)21(5)6/h9-14,18H,1,3,5,7-8,15-17H2,2,4,6H3. The summed E-state index contributed by atoms with van der Waals surface area (Å²) in [6, 6.07) is 12.8. The SMILES string of the molecule is C=C(C)C(=O)OCCCc1cc(OCCOC(=O)C(=C)C)ccc1-c1ccc(OC(=O)C(=C)C)cc1. The summed E-state index contributed by atoms with van der Waals surface area (Å²) in [4.78, 5) is 34.9. The predicted octanol–water partition coefficient (Wildman–Crippen LogP) is 5.39. The Morgan fingerprint density at radius 1 is 0.694 bits per heavy atom. The van der Waals surface area contributed by atoms with Crippen LogP contribution in [0, 0.1) is 0 Å². The summed E-state index contributed by atoms with van der Waals surface area (Å²) in [7, 11) is 0. The van der Waals surface area contributed by atoms with E-state index in [9.17, 15) is 14.4 Å². The highest BCUT2D eigenvalue weighted by molar-refractivity contribution is 5.89. The van der Waals surface area contributed by atoms with Crippen molar-refractivity contribution in [1.82, 2.24) is 0 Å². The van der Waals surface area contributed by atoms with Crippen molar-refractivity contribution in [1.29, 1.82) is 0 Å². The number of carbonyl (C=O) groups excluding carboxylic acids is 3. The molecular formula is C29H32O7. The molecule has 0 radical (unpaired) electrons. The third-order valence-electron chi connectivity index (χ3n) is 4.91. The molecule has 0 aliphatic heterocycles. The van der Waals surface area contributed by atoms with E-state index in [1.807, 2.05) is 30.3 Å². The van der Waals surface area contributed by atoms with Crippen LogP contribution in [0.1, 0.15) is 32.8 Å². The minimum Gasteiger partial charge on any atom is -0.490 e. The Kier molecular flexibility index (Phi) is 10.7. The van der Waals surface area contributed by atoms with E-state index in [0.29, 0.717) is 41.1 Å². The average molecular weight is 493 g/mol. The van der Waals surface area contributed by atoms with E-state index in [1.54, 1.807) is 32.9 Å². The van der Waals surface area contributed by atoms with Crippen molar-refractivity contribution in [2.45, 2.75) is 33.6 Å². The van der Waals surface area contributed by atoms with E-state index in [2.05, 4.69) is 19.7 Å². The third-order valence-corrected chi connectivity index (χ3v) is 4.91. The van der Waals surface area contributed by atoms with Crippen LogP contribution in [0.5, 0.6) is 11.5 Å². The molecule has 0 bridgehead atoms. The van der Waals surface area contributed by atoms with E-state index >= 15 is 0 Å². The molecule has 0 atom stereocenters. The lowest BCUT2D eigenvalue weighted by Gasteiger charge is -2.14. The summed E-state index contributed by atoms with van der Waals surface area (Å²) in [5, 5.41) is 0. The van der Waals surface area contributed by atoms with Crippen molar-refractivity contribution < 1.29 is 33.3 Å². The van der Waals surface area contributed by atoms with Crippen LogP contribution in [0.3, 0.4) is 0 Å². The van der Waals surface area contributed by atoms with Gasteiger partial charge in [0.1, 0.15) is 24.7 Å². The van der Waals surface area contributed by atoms with Gasteiger partial charge < -0.3 is 18.9 Å². The predicted molar refractivity (Wildman–Crippen MR) is 138 cm³/mol. The summed E-state index contributed by atoms with van der Waals surface area (Å²) in [5.41, 5.74) is 3.85. The van der Waals surface area contributed by atoms with Crippen LogP contribution in [-0.4, -0.2) is 37.7 Å². The van der Waals surface area contributed by atoms with E-state index in [1.165, 1.54) is 0 Å². The van der Waals surface area contributed by atoms with Gasteiger partial charge in [-0.1, -0.05) is 37.9 Å². The molecular weight excluding hydrogens is 460 g/mol. The average Bonchev–Trinajstić information content (AvgIpc) is 2.84. The Labute approximate surface area is 212 Å². The minimum atomic E-state index is -0.483. The fourth-order valence-electron chi connectivity index (χ4n) is 3.01. The molecule has 0 aliphatic rings. The van der Waals surface area contributed by atoms with Gasteiger partial charge in [-0.2, -0.15) is 0 Å². The Balaban J connectivity index is 2.15. The first-order valence-electron chi connectivity index (χ1n) is 11.5. The molecule has 0 spiro atoms. The number of carbonyl (C=O) groups is 3. The number of hydrogen-bond acceptors (Lipinski definition) is 7. The lowest BCUT2D eigenvalue weighted by Crippen LogP contribution is -2.12. The normalized spacial score (nSPS) is 10.2. The fourth-order valence-corrected chi connectivity index (χ4v) is 3.01. The second-order valence-electron chi connectivity index (χ2n) is 8.30. The highest BCUT2D eigenvalue weighted by Crippen LogP contribution is 2.30. The molecule has 0 saturated heterocycles. The number of benzene rings is 2. The maximum absolute atomic E-state index is 11.8. The number of esters is 3. The first-order chi connectivity index (χ1) is 17.1. The quantitative estimate of drug-likeness (QED) is 0.160. The van der Waals surface area contributed by atoms with Crippen LogP contribution >= 0.6 is 0 Å². The van der Waals surface area contributed by atoms with Gasteiger partial charge in [0.15, 0.2) is 0 Å².